The molecule has 0 radical (unpaired) electrons. The van der Waals surface area contributed by atoms with E-state index in [1.165, 1.54) is 34.0 Å². The first-order valence-electron chi connectivity index (χ1n) is 23.0. The van der Waals surface area contributed by atoms with E-state index in [1.807, 2.05) is 46.0 Å². The molecule has 10 rings (SSSR count). The van der Waals surface area contributed by atoms with Crippen molar-refractivity contribution in [3.63, 3.8) is 0 Å². The van der Waals surface area contributed by atoms with E-state index in [4.69, 9.17) is 4.11 Å². The van der Waals surface area contributed by atoms with Gasteiger partial charge in [-0.1, -0.05) is 140 Å². The number of hydrogen-bond donors (Lipinski definition) is 0. The van der Waals surface area contributed by atoms with Crippen LogP contribution < -0.4 is 0 Å². The summed E-state index contributed by atoms with van der Waals surface area (Å²) < 4.78 is 27.4. The zero-order valence-electron chi connectivity index (χ0n) is 37.8. The first-order chi connectivity index (χ1) is 32.3. The number of hydrogen-bond acceptors (Lipinski definition) is 3. The number of nitrogens with zero attached hydrogens (tertiary/aromatic N) is 5. The molecule has 0 unspecified atom stereocenters. The maximum Gasteiger partial charge on any atom is 0.0702 e. The molecule has 0 aliphatic rings. The van der Waals surface area contributed by atoms with E-state index in [-0.39, 0.29) is 5.56 Å². The van der Waals surface area contributed by atoms with Crippen LogP contribution in [0.1, 0.15) is 31.9 Å². The highest BCUT2D eigenvalue weighted by Crippen LogP contribution is 2.41. The summed E-state index contributed by atoms with van der Waals surface area (Å²) in [6, 6.07) is 66.2. The van der Waals surface area contributed by atoms with Gasteiger partial charge in [0.2, 0.25) is 0 Å². The van der Waals surface area contributed by atoms with Gasteiger partial charge in [0.05, 0.1) is 17.1 Å². The van der Waals surface area contributed by atoms with Crippen molar-refractivity contribution in [3.05, 3.63) is 247 Å². The molecular weight excluding hydrogens is 767 g/mol. The molecule has 0 atom stereocenters. The topological polar surface area (TPSA) is 48.5 Å². The Labute approximate surface area is 373 Å². The highest BCUT2D eigenvalue weighted by atomic mass is 15.3. The molecule has 3 aromatic heterocycles. The van der Waals surface area contributed by atoms with Crippen molar-refractivity contribution in [1.29, 1.82) is 0 Å². The summed E-state index contributed by atoms with van der Waals surface area (Å²) in [4.78, 5) is 4.63. The van der Waals surface area contributed by atoms with Gasteiger partial charge >= 0.3 is 0 Å². The lowest BCUT2D eigenvalue weighted by molar-refractivity contribution is 0.875. The Kier molecular flexibility index (Phi) is 10.2. The summed E-state index contributed by atoms with van der Waals surface area (Å²) in [5, 5.41) is 8.80. The molecule has 0 saturated heterocycles. The molecule has 0 spiro atoms. The molecule has 0 aliphatic heterocycles. The fourth-order valence-corrected chi connectivity index (χ4v) is 8.44. The average Bonchev–Trinajstić information content (AvgIpc) is 4.12. The van der Waals surface area contributed by atoms with Crippen molar-refractivity contribution in [2.45, 2.75) is 32.5 Å². The van der Waals surface area contributed by atoms with Gasteiger partial charge in [-0.15, -0.1) is 0 Å². The van der Waals surface area contributed by atoms with Gasteiger partial charge in [0.1, 0.15) is 0 Å². The molecule has 7 aromatic carbocycles. The Morgan fingerprint density at radius 2 is 0.937 bits per heavy atom. The van der Waals surface area contributed by atoms with Gasteiger partial charge in [0.15, 0.2) is 0 Å². The summed E-state index contributed by atoms with van der Waals surface area (Å²) in [5.74, 6) is 0. The molecule has 5 heteroatoms. The Hall–Kier alpha value is -7.89. The number of aryl methyl sites for hydroxylation is 5. The van der Waals surface area contributed by atoms with Crippen LogP contribution in [-0.2, 0) is 25.7 Å². The Balaban J connectivity index is 1.02. The van der Waals surface area contributed by atoms with Crippen LogP contribution in [0.4, 0.5) is 0 Å². The minimum absolute atomic E-state index is 0.224. The van der Waals surface area contributed by atoms with Crippen LogP contribution in [0.5, 0.6) is 0 Å². The second-order valence-corrected chi connectivity index (χ2v) is 16.0. The molecule has 0 aliphatic carbocycles. The fraction of sp³-hybridized carbons (Fsp3) is 0.0862. The van der Waals surface area contributed by atoms with Gasteiger partial charge in [-0.05, 0) is 153 Å². The lowest BCUT2D eigenvalue weighted by Crippen LogP contribution is -1.99. The highest BCUT2D eigenvalue weighted by molar-refractivity contribution is 5.93. The summed E-state index contributed by atoms with van der Waals surface area (Å²) in [6.45, 7) is -2.22. The molecule has 0 bridgehead atoms. The van der Waals surface area contributed by atoms with Crippen LogP contribution in [0.25, 0.3) is 67.1 Å². The molecule has 0 amide bonds. The van der Waals surface area contributed by atoms with Gasteiger partial charge in [0.25, 0.3) is 0 Å². The summed E-state index contributed by atoms with van der Waals surface area (Å²) in [6.07, 6.45) is 12.6. The third-order valence-corrected chi connectivity index (χ3v) is 11.8. The van der Waals surface area contributed by atoms with Gasteiger partial charge < -0.3 is 0 Å². The van der Waals surface area contributed by atoms with Crippen molar-refractivity contribution in [2.75, 3.05) is 0 Å². The van der Waals surface area contributed by atoms with Gasteiger partial charge in [-0.2, -0.15) is 10.2 Å². The third kappa shape index (κ3) is 8.95. The number of pyridine rings is 1. The predicted molar refractivity (Wildman–Crippen MR) is 258 cm³/mol. The molecule has 0 N–H and O–H groups in total. The summed E-state index contributed by atoms with van der Waals surface area (Å²) >= 11 is 0. The molecule has 5 nitrogen and oxygen atoms in total. The lowest BCUT2D eigenvalue weighted by atomic mass is 9.86. The van der Waals surface area contributed by atoms with E-state index in [0.29, 0.717) is 0 Å². The maximum atomic E-state index is 7.89. The van der Waals surface area contributed by atoms with E-state index in [0.717, 1.165) is 87.3 Å². The number of aromatic nitrogens is 5. The smallest absolute Gasteiger partial charge is 0.0702 e. The van der Waals surface area contributed by atoms with Crippen LogP contribution >= 0.6 is 0 Å². The van der Waals surface area contributed by atoms with Crippen molar-refractivity contribution in [1.82, 2.24) is 24.5 Å². The standard InChI is InChI=1S/C58H47N5/c1-42-13-32-58(59-41-42)50-26-31-56(57(40-50)49-24-22-48(23-25-49)47-9-3-2-4-10-47)55-12-6-5-11-54(55)51-38-45(16-14-43-18-27-52(28-19-43)62-35-7-33-60-62)37-46(39-51)17-15-44-20-29-53(30-21-44)63-36-8-34-61-63/h2-13,18-41H,14-17H2,1H3/i1D3. The fourth-order valence-electron chi connectivity index (χ4n) is 8.44. The quantitative estimate of drug-likeness (QED) is 0.116. The Morgan fingerprint density at radius 1 is 0.397 bits per heavy atom. The summed E-state index contributed by atoms with van der Waals surface area (Å²) in [5.41, 5.74) is 18.1. The first-order valence-corrected chi connectivity index (χ1v) is 21.5. The number of rotatable bonds is 13. The molecule has 10 aromatic rings. The Morgan fingerprint density at radius 3 is 1.51 bits per heavy atom. The van der Waals surface area contributed by atoms with Crippen molar-refractivity contribution >= 4 is 0 Å². The molecule has 63 heavy (non-hydrogen) atoms. The second-order valence-electron chi connectivity index (χ2n) is 16.0. The van der Waals surface area contributed by atoms with Gasteiger partial charge in [-0.25, -0.2) is 9.36 Å². The average molecular weight is 817 g/mol. The van der Waals surface area contributed by atoms with Gasteiger partial charge in [0, 0.05) is 40.7 Å². The first kappa shape index (κ1) is 35.8. The minimum atomic E-state index is -2.22. The molecule has 0 saturated carbocycles. The van der Waals surface area contributed by atoms with Gasteiger partial charge in [-0.3, -0.25) is 4.98 Å². The van der Waals surface area contributed by atoms with Crippen molar-refractivity contribution in [3.8, 4) is 67.1 Å². The second kappa shape index (κ2) is 18.0. The molecule has 304 valence electrons. The van der Waals surface area contributed by atoms with E-state index >= 15 is 0 Å². The van der Waals surface area contributed by atoms with E-state index in [1.54, 1.807) is 18.5 Å². The minimum Gasteiger partial charge on any atom is -0.256 e. The van der Waals surface area contributed by atoms with E-state index in [2.05, 4.69) is 173 Å². The van der Waals surface area contributed by atoms with Crippen LogP contribution in [0.15, 0.2) is 219 Å². The molecule has 3 heterocycles. The van der Waals surface area contributed by atoms with Crippen LogP contribution in [0, 0.1) is 6.85 Å². The van der Waals surface area contributed by atoms with Crippen LogP contribution in [0.2, 0.25) is 0 Å². The number of benzene rings is 7. The van der Waals surface area contributed by atoms with E-state index in [9.17, 15) is 0 Å². The normalized spacial score (nSPS) is 12.1. The predicted octanol–water partition coefficient (Wildman–Crippen LogP) is 13.7. The molecular formula is C58H47N5. The Bertz CT molecular complexity index is 3080. The zero-order chi connectivity index (χ0) is 44.9. The monoisotopic (exact) mass is 816 g/mol. The van der Waals surface area contributed by atoms with E-state index < -0.39 is 6.85 Å². The summed E-state index contributed by atoms with van der Waals surface area (Å²) in [7, 11) is 0. The van der Waals surface area contributed by atoms with Crippen molar-refractivity contribution in [2.24, 2.45) is 0 Å². The van der Waals surface area contributed by atoms with Crippen LogP contribution in [-0.4, -0.2) is 24.5 Å². The maximum absolute atomic E-state index is 7.89. The largest absolute Gasteiger partial charge is 0.256 e. The lowest BCUT2D eigenvalue weighted by Gasteiger charge is -2.18. The highest BCUT2D eigenvalue weighted by Gasteiger charge is 2.16. The van der Waals surface area contributed by atoms with Crippen molar-refractivity contribution < 1.29 is 4.11 Å². The SMILES string of the molecule is [2H]C([2H])([2H])c1ccc(-c2ccc(-c3ccccc3-c3cc(CCc4ccc(-n5cccn5)cc4)cc(CCc4ccc(-n5cccn5)cc4)c3)c(-c3ccc(-c4ccccc4)cc3)c2)nc1. The van der Waals surface area contributed by atoms with Crippen LogP contribution in [0.3, 0.4) is 0 Å². The zero-order valence-corrected chi connectivity index (χ0v) is 34.8. The third-order valence-electron chi connectivity index (χ3n) is 11.8. The molecule has 0 fully saturated rings.